The van der Waals surface area contributed by atoms with E-state index in [-0.39, 0.29) is 12.5 Å². The Balaban J connectivity index is 2.07. The van der Waals surface area contributed by atoms with Crippen LogP contribution in [0.2, 0.25) is 5.02 Å². The van der Waals surface area contributed by atoms with Crippen molar-refractivity contribution >= 4 is 33.4 Å². The SMILES string of the molecule is O=C(c1cc(Cl)ccc1Br)N1CCCN(CCO)CC1. The lowest BCUT2D eigenvalue weighted by molar-refractivity contribution is 0.0759. The Hall–Kier alpha value is -0.620. The van der Waals surface area contributed by atoms with Crippen molar-refractivity contribution in [2.75, 3.05) is 39.3 Å². The van der Waals surface area contributed by atoms with Gasteiger partial charge in [-0.25, -0.2) is 0 Å². The molecule has 1 heterocycles. The fraction of sp³-hybridized carbons (Fsp3) is 0.500. The molecule has 1 fully saturated rings. The topological polar surface area (TPSA) is 43.8 Å². The van der Waals surface area contributed by atoms with Crippen LogP contribution in [0, 0.1) is 0 Å². The smallest absolute Gasteiger partial charge is 0.255 e. The first kappa shape index (κ1) is 15.8. The molecular weight excluding hydrogens is 344 g/mol. The number of benzene rings is 1. The molecule has 0 spiro atoms. The third-order valence-corrected chi connectivity index (χ3v) is 4.38. The van der Waals surface area contributed by atoms with Crippen LogP contribution in [0.1, 0.15) is 16.8 Å². The van der Waals surface area contributed by atoms with Crippen LogP contribution >= 0.6 is 27.5 Å². The standard InChI is InChI=1S/C14H18BrClN2O2/c15-13-3-2-11(16)10-12(13)14(20)18-5-1-4-17(6-7-18)8-9-19/h2-3,10,19H,1,4-9H2. The summed E-state index contributed by atoms with van der Waals surface area (Å²) in [6.45, 7) is 3.96. The largest absolute Gasteiger partial charge is 0.395 e. The lowest BCUT2D eigenvalue weighted by Gasteiger charge is -2.22. The average molecular weight is 362 g/mol. The maximum Gasteiger partial charge on any atom is 0.255 e. The first-order valence-electron chi connectivity index (χ1n) is 6.69. The number of aliphatic hydroxyl groups excluding tert-OH is 1. The molecule has 0 radical (unpaired) electrons. The van der Waals surface area contributed by atoms with E-state index in [4.69, 9.17) is 16.7 Å². The Morgan fingerprint density at radius 1 is 1.30 bits per heavy atom. The van der Waals surface area contributed by atoms with Crippen LogP contribution in [-0.4, -0.2) is 60.1 Å². The molecule has 1 N–H and O–H groups in total. The monoisotopic (exact) mass is 360 g/mol. The Kier molecular flexibility index (Phi) is 5.84. The van der Waals surface area contributed by atoms with E-state index in [9.17, 15) is 4.79 Å². The molecule has 6 heteroatoms. The average Bonchev–Trinajstić information content (AvgIpc) is 2.67. The van der Waals surface area contributed by atoms with Crippen LogP contribution in [-0.2, 0) is 0 Å². The molecule has 1 aliphatic rings. The fourth-order valence-corrected chi connectivity index (χ4v) is 2.96. The number of nitrogens with zero attached hydrogens (tertiary/aromatic N) is 2. The van der Waals surface area contributed by atoms with Crippen LogP contribution in [0.4, 0.5) is 0 Å². The maximum absolute atomic E-state index is 12.6. The van der Waals surface area contributed by atoms with Crippen molar-refractivity contribution in [1.29, 1.82) is 0 Å². The van der Waals surface area contributed by atoms with E-state index < -0.39 is 0 Å². The van der Waals surface area contributed by atoms with Crippen molar-refractivity contribution in [3.8, 4) is 0 Å². The van der Waals surface area contributed by atoms with Crippen molar-refractivity contribution in [3.05, 3.63) is 33.3 Å². The van der Waals surface area contributed by atoms with Gasteiger partial charge in [0.1, 0.15) is 0 Å². The van der Waals surface area contributed by atoms with Crippen LogP contribution in [0.3, 0.4) is 0 Å². The molecule has 1 amide bonds. The summed E-state index contributed by atoms with van der Waals surface area (Å²) in [5, 5.41) is 9.55. The van der Waals surface area contributed by atoms with Gasteiger partial charge in [0.2, 0.25) is 0 Å². The first-order chi connectivity index (χ1) is 9.61. The molecule has 0 atom stereocenters. The number of hydrogen-bond donors (Lipinski definition) is 1. The Labute approximate surface area is 132 Å². The number of hydrogen-bond acceptors (Lipinski definition) is 3. The maximum atomic E-state index is 12.6. The third-order valence-electron chi connectivity index (χ3n) is 3.45. The normalized spacial score (nSPS) is 17.1. The van der Waals surface area contributed by atoms with E-state index in [1.54, 1.807) is 18.2 Å². The van der Waals surface area contributed by atoms with Gasteiger partial charge in [-0.3, -0.25) is 9.69 Å². The van der Waals surface area contributed by atoms with Gasteiger partial charge in [-0.1, -0.05) is 11.6 Å². The van der Waals surface area contributed by atoms with Gasteiger partial charge < -0.3 is 10.0 Å². The molecule has 1 aliphatic heterocycles. The van der Waals surface area contributed by atoms with Crippen molar-refractivity contribution in [3.63, 3.8) is 0 Å². The number of carbonyl (C=O) groups excluding carboxylic acids is 1. The molecule has 20 heavy (non-hydrogen) atoms. The Morgan fingerprint density at radius 3 is 2.85 bits per heavy atom. The van der Waals surface area contributed by atoms with Crippen LogP contribution in [0.15, 0.2) is 22.7 Å². The second-order valence-electron chi connectivity index (χ2n) is 4.84. The van der Waals surface area contributed by atoms with Gasteiger partial charge in [-0.2, -0.15) is 0 Å². The van der Waals surface area contributed by atoms with E-state index in [0.717, 1.165) is 30.5 Å². The number of halogens is 2. The highest BCUT2D eigenvalue weighted by Crippen LogP contribution is 2.23. The van der Waals surface area contributed by atoms with Crippen LogP contribution in [0.5, 0.6) is 0 Å². The molecule has 110 valence electrons. The van der Waals surface area contributed by atoms with Crippen molar-refractivity contribution in [1.82, 2.24) is 9.80 Å². The zero-order valence-corrected chi connectivity index (χ0v) is 13.5. The van der Waals surface area contributed by atoms with Crippen LogP contribution in [0.25, 0.3) is 0 Å². The zero-order valence-electron chi connectivity index (χ0n) is 11.2. The van der Waals surface area contributed by atoms with E-state index in [0.29, 0.717) is 23.7 Å². The summed E-state index contributed by atoms with van der Waals surface area (Å²) in [6.07, 6.45) is 0.921. The van der Waals surface area contributed by atoms with Gasteiger partial charge in [0.25, 0.3) is 5.91 Å². The van der Waals surface area contributed by atoms with Gasteiger partial charge in [0.15, 0.2) is 0 Å². The molecule has 1 aromatic rings. The summed E-state index contributed by atoms with van der Waals surface area (Å²) in [7, 11) is 0. The highest BCUT2D eigenvalue weighted by Gasteiger charge is 2.21. The van der Waals surface area contributed by atoms with E-state index in [2.05, 4.69) is 20.8 Å². The van der Waals surface area contributed by atoms with E-state index >= 15 is 0 Å². The molecule has 0 saturated carbocycles. The summed E-state index contributed by atoms with van der Waals surface area (Å²) in [6, 6.07) is 5.25. The van der Waals surface area contributed by atoms with Crippen LogP contribution < -0.4 is 0 Å². The van der Waals surface area contributed by atoms with Gasteiger partial charge in [-0.15, -0.1) is 0 Å². The minimum Gasteiger partial charge on any atom is -0.395 e. The van der Waals surface area contributed by atoms with E-state index in [1.165, 1.54) is 0 Å². The number of carbonyl (C=O) groups is 1. The fourth-order valence-electron chi connectivity index (χ4n) is 2.37. The number of rotatable bonds is 3. The predicted octanol–water partition coefficient (Wildman–Crippen LogP) is 2.24. The molecule has 4 nitrogen and oxygen atoms in total. The summed E-state index contributed by atoms with van der Waals surface area (Å²) >= 11 is 9.37. The minimum absolute atomic E-state index is 0.00484. The Morgan fingerprint density at radius 2 is 2.10 bits per heavy atom. The summed E-state index contributed by atoms with van der Waals surface area (Å²) in [4.78, 5) is 16.6. The molecular formula is C14H18BrClN2O2. The minimum atomic E-state index is 0.00484. The molecule has 0 unspecified atom stereocenters. The van der Waals surface area contributed by atoms with Gasteiger partial charge in [0.05, 0.1) is 12.2 Å². The Bertz CT molecular complexity index is 484. The van der Waals surface area contributed by atoms with Crippen molar-refractivity contribution < 1.29 is 9.90 Å². The quantitative estimate of drug-likeness (QED) is 0.898. The zero-order chi connectivity index (χ0) is 14.5. The predicted molar refractivity (Wildman–Crippen MR) is 83.2 cm³/mol. The summed E-state index contributed by atoms with van der Waals surface area (Å²) in [5.74, 6) is 0.00484. The molecule has 0 aliphatic carbocycles. The third kappa shape index (κ3) is 3.95. The molecule has 0 bridgehead atoms. The highest BCUT2D eigenvalue weighted by atomic mass is 79.9. The lowest BCUT2D eigenvalue weighted by Crippen LogP contribution is -2.36. The van der Waals surface area contributed by atoms with Crippen molar-refractivity contribution in [2.45, 2.75) is 6.42 Å². The number of β-amino-alcohol motifs (C(OH)–C–C–N with tert-alkyl or cyclic N) is 1. The van der Waals surface area contributed by atoms with E-state index in [1.807, 2.05) is 4.90 Å². The summed E-state index contributed by atoms with van der Waals surface area (Å²) in [5.41, 5.74) is 0.605. The second kappa shape index (κ2) is 7.41. The van der Waals surface area contributed by atoms with Crippen molar-refractivity contribution in [2.24, 2.45) is 0 Å². The number of amides is 1. The van der Waals surface area contributed by atoms with Gasteiger partial charge in [-0.05, 0) is 47.1 Å². The number of aliphatic hydroxyl groups is 1. The first-order valence-corrected chi connectivity index (χ1v) is 7.86. The molecule has 1 saturated heterocycles. The highest BCUT2D eigenvalue weighted by molar-refractivity contribution is 9.10. The molecule has 1 aromatic carbocycles. The molecule has 2 rings (SSSR count). The van der Waals surface area contributed by atoms with Gasteiger partial charge >= 0.3 is 0 Å². The lowest BCUT2D eigenvalue weighted by atomic mass is 10.2. The summed E-state index contributed by atoms with van der Waals surface area (Å²) < 4.78 is 0.767. The second-order valence-corrected chi connectivity index (χ2v) is 6.13. The molecule has 0 aromatic heterocycles. The van der Waals surface area contributed by atoms with Gasteiger partial charge in [0, 0.05) is 35.7 Å².